The van der Waals surface area contributed by atoms with Gasteiger partial charge >= 0.3 is 0 Å². The maximum absolute atomic E-state index is 12.1. The highest BCUT2D eigenvalue weighted by molar-refractivity contribution is 9.10. The van der Waals surface area contributed by atoms with Gasteiger partial charge in [-0.3, -0.25) is 14.4 Å². The molecule has 0 fully saturated rings. The summed E-state index contributed by atoms with van der Waals surface area (Å²) in [5, 5.41) is 2.83. The molecular formula is C20H19BrN2O3. The average Bonchev–Trinajstić information content (AvgIpc) is 3.03. The molecule has 0 aromatic heterocycles. The first kappa shape index (κ1) is 18.3. The van der Waals surface area contributed by atoms with E-state index in [1.165, 1.54) is 0 Å². The first-order valence-electron chi connectivity index (χ1n) is 8.43. The Kier molecular flexibility index (Phi) is 5.52. The van der Waals surface area contributed by atoms with Gasteiger partial charge in [-0.15, -0.1) is 0 Å². The molecule has 6 heteroatoms. The molecule has 26 heavy (non-hydrogen) atoms. The molecule has 0 saturated carbocycles. The predicted molar refractivity (Wildman–Crippen MR) is 105 cm³/mol. The van der Waals surface area contributed by atoms with Gasteiger partial charge in [0.1, 0.15) is 0 Å². The second-order valence-corrected chi connectivity index (χ2v) is 7.16. The molecule has 1 heterocycles. The first-order valence-corrected chi connectivity index (χ1v) is 9.23. The summed E-state index contributed by atoms with van der Waals surface area (Å²) in [5.41, 5.74) is 3.24. The fourth-order valence-electron chi connectivity index (χ4n) is 3.04. The van der Waals surface area contributed by atoms with Crippen LogP contribution in [0.2, 0.25) is 0 Å². The molecular weight excluding hydrogens is 396 g/mol. The molecule has 0 spiro atoms. The predicted octanol–water partition coefficient (Wildman–Crippen LogP) is 3.96. The van der Waals surface area contributed by atoms with Crippen LogP contribution in [0.3, 0.4) is 0 Å². The summed E-state index contributed by atoms with van der Waals surface area (Å²) in [7, 11) is 0. The van der Waals surface area contributed by atoms with E-state index in [0.29, 0.717) is 17.8 Å². The quantitative estimate of drug-likeness (QED) is 0.752. The van der Waals surface area contributed by atoms with Crippen LogP contribution in [0.1, 0.15) is 35.7 Å². The highest BCUT2D eigenvalue weighted by atomic mass is 79.9. The Morgan fingerprint density at radius 2 is 1.81 bits per heavy atom. The minimum absolute atomic E-state index is 0.0204. The van der Waals surface area contributed by atoms with Crippen LogP contribution < -0.4 is 10.2 Å². The summed E-state index contributed by atoms with van der Waals surface area (Å²) in [4.78, 5) is 37.6. The highest BCUT2D eigenvalue weighted by Gasteiger charge is 2.22. The molecule has 1 aliphatic heterocycles. The van der Waals surface area contributed by atoms with Gasteiger partial charge in [-0.25, -0.2) is 0 Å². The van der Waals surface area contributed by atoms with Crippen LogP contribution in [0, 0.1) is 0 Å². The maximum Gasteiger partial charge on any atom is 0.224 e. The number of nitrogens with zero attached hydrogens (tertiary/aromatic N) is 1. The molecule has 1 aliphatic rings. The summed E-state index contributed by atoms with van der Waals surface area (Å²) in [6.07, 6.45) is 1.07. The molecule has 2 amide bonds. The maximum atomic E-state index is 12.1. The molecule has 2 aromatic carbocycles. The smallest absolute Gasteiger partial charge is 0.224 e. The summed E-state index contributed by atoms with van der Waals surface area (Å²) < 4.78 is 0.909. The second-order valence-electron chi connectivity index (χ2n) is 6.24. The number of benzene rings is 2. The molecule has 0 saturated heterocycles. The number of ketones is 1. The first-order chi connectivity index (χ1) is 12.4. The van der Waals surface area contributed by atoms with Crippen molar-refractivity contribution in [1.29, 1.82) is 0 Å². The lowest BCUT2D eigenvalue weighted by Crippen LogP contribution is -2.25. The van der Waals surface area contributed by atoms with Gasteiger partial charge < -0.3 is 10.2 Å². The Morgan fingerprint density at radius 1 is 1.08 bits per heavy atom. The lowest BCUT2D eigenvalue weighted by Gasteiger charge is -2.15. The Bertz CT molecular complexity index is 862. The van der Waals surface area contributed by atoms with Crippen LogP contribution in [0.4, 0.5) is 11.4 Å². The van der Waals surface area contributed by atoms with E-state index in [-0.39, 0.29) is 30.4 Å². The van der Waals surface area contributed by atoms with Crippen LogP contribution in [0.25, 0.3) is 0 Å². The molecule has 0 unspecified atom stereocenters. The monoisotopic (exact) mass is 414 g/mol. The van der Waals surface area contributed by atoms with Crippen molar-refractivity contribution >= 4 is 44.9 Å². The van der Waals surface area contributed by atoms with Gasteiger partial charge in [0.25, 0.3) is 0 Å². The molecule has 5 nitrogen and oxygen atoms in total. The highest BCUT2D eigenvalue weighted by Crippen LogP contribution is 2.30. The summed E-state index contributed by atoms with van der Waals surface area (Å²) >= 11 is 3.33. The van der Waals surface area contributed by atoms with Crippen LogP contribution in [0.15, 0.2) is 46.9 Å². The van der Waals surface area contributed by atoms with Crippen molar-refractivity contribution in [3.05, 3.63) is 58.1 Å². The Hall–Kier alpha value is -2.47. The fourth-order valence-corrected chi connectivity index (χ4v) is 3.30. The van der Waals surface area contributed by atoms with Crippen LogP contribution in [-0.4, -0.2) is 24.1 Å². The minimum atomic E-state index is -0.197. The van der Waals surface area contributed by atoms with Crippen molar-refractivity contribution in [3.8, 4) is 0 Å². The van der Waals surface area contributed by atoms with E-state index in [1.807, 2.05) is 24.3 Å². The van der Waals surface area contributed by atoms with Gasteiger partial charge in [-0.1, -0.05) is 28.1 Å². The number of rotatable bonds is 5. The van der Waals surface area contributed by atoms with E-state index in [1.54, 1.807) is 30.0 Å². The molecule has 0 aliphatic carbocycles. The third-order valence-corrected chi connectivity index (χ3v) is 4.91. The van der Waals surface area contributed by atoms with Gasteiger partial charge in [0.05, 0.1) is 0 Å². The molecule has 2 aromatic rings. The molecule has 0 atom stereocenters. The lowest BCUT2D eigenvalue weighted by atomic mass is 10.1. The average molecular weight is 415 g/mol. The van der Waals surface area contributed by atoms with Crippen LogP contribution >= 0.6 is 15.9 Å². The number of carbonyl (C=O) groups is 3. The van der Waals surface area contributed by atoms with Crippen molar-refractivity contribution in [3.63, 3.8) is 0 Å². The zero-order valence-electron chi connectivity index (χ0n) is 14.4. The number of anilines is 2. The zero-order valence-corrected chi connectivity index (χ0v) is 16.0. The standard InChI is InChI=1S/C20H19BrN2O3/c1-13(24)23-11-10-15-12-17(6-7-18(15)23)22-20(26)9-8-19(25)14-2-4-16(21)5-3-14/h2-7,12H,8-11H2,1H3,(H,22,26). The van der Waals surface area contributed by atoms with E-state index < -0.39 is 0 Å². The van der Waals surface area contributed by atoms with Gasteiger partial charge in [-0.05, 0) is 42.3 Å². The van der Waals surface area contributed by atoms with Crippen molar-refractivity contribution in [2.45, 2.75) is 26.2 Å². The van der Waals surface area contributed by atoms with Gasteiger partial charge in [-0.2, -0.15) is 0 Å². The summed E-state index contributed by atoms with van der Waals surface area (Å²) in [6, 6.07) is 12.6. The SMILES string of the molecule is CC(=O)N1CCc2cc(NC(=O)CCC(=O)c3ccc(Br)cc3)ccc21. The Labute approximate surface area is 160 Å². The number of halogens is 1. The number of fused-ring (bicyclic) bond motifs is 1. The van der Waals surface area contributed by atoms with Crippen molar-refractivity contribution in [2.24, 2.45) is 0 Å². The van der Waals surface area contributed by atoms with E-state index in [2.05, 4.69) is 21.2 Å². The van der Waals surface area contributed by atoms with Gasteiger partial charge in [0.15, 0.2) is 5.78 Å². The normalized spacial score (nSPS) is 12.6. The summed E-state index contributed by atoms with van der Waals surface area (Å²) in [5.74, 6) is -0.234. The zero-order chi connectivity index (χ0) is 18.7. The topological polar surface area (TPSA) is 66.5 Å². The number of hydrogen-bond acceptors (Lipinski definition) is 3. The number of hydrogen-bond donors (Lipinski definition) is 1. The van der Waals surface area contributed by atoms with Crippen molar-refractivity contribution < 1.29 is 14.4 Å². The van der Waals surface area contributed by atoms with E-state index in [4.69, 9.17) is 0 Å². The van der Waals surface area contributed by atoms with Crippen molar-refractivity contribution in [2.75, 3.05) is 16.8 Å². The van der Waals surface area contributed by atoms with E-state index >= 15 is 0 Å². The Morgan fingerprint density at radius 3 is 2.50 bits per heavy atom. The third-order valence-electron chi connectivity index (χ3n) is 4.38. The number of Topliss-reactive ketones (excluding diaryl/α,β-unsaturated/α-hetero) is 1. The number of nitrogens with one attached hydrogen (secondary N) is 1. The van der Waals surface area contributed by atoms with Crippen LogP contribution in [0.5, 0.6) is 0 Å². The number of amides is 2. The van der Waals surface area contributed by atoms with Crippen LogP contribution in [-0.2, 0) is 16.0 Å². The largest absolute Gasteiger partial charge is 0.326 e. The summed E-state index contributed by atoms with van der Waals surface area (Å²) in [6.45, 7) is 2.22. The fraction of sp³-hybridized carbons (Fsp3) is 0.250. The second kappa shape index (κ2) is 7.83. The Balaban J connectivity index is 1.56. The van der Waals surface area contributed by atoms with E-state index in [9.17, 15) is 14.4 Å². The molecule has 0 bridgehead atoms. The molecule has 134 valence electrons. The van der Waals surface area contributed by atoms with Gasteiger partial charge in [0.2, 0.25) is 11.8 Å². The third kappa shape index (κ3) is 4.19. The van der Waals surface area contributed by atoms with E-state index in [0.717, 1.165) is 22.1 Å². The lowest BCUT2D eigenvalue weighted by molar-refractivity contribution is -0.117. The van der Waals surface area contributed by atoms with Crippen molar-refractivity contribution in [1.82, 2.24) is 0 Å². The molecule has 3 rings (SSSR count). The minimum Gasteiger partial charge on any atom is -0.326 e. The molecule has 0 radical (unpaired) electrons. The van der Waals surface area contributed by atoms with Gasteiger partial charge in [0, 0.05) is 47.7 Å². The number of carbonyl (C=O) groups excluding carboxylic acids is 3. The molecule has 1 N–H and O–H groups in total.